The van der Waals surface area contributed by atoms with Crippen molar-refractivity contribution in [1.82, 2.24) is 34.7 Å². The SMILES string of the molecule is C=C(F)c1nc2c3cnn(CCCl)c3nc(N)n2n1.COc1cc(F)c(N2CCNCC2)c(OC)c1. The van der Waals surface area contributed by atoms with Crippen LogP contribution in [0.2, 0.25) is 0 Å². The molecule has 0 radical (unpaired) electrons. The molecular formula is C22H26ClF2N9O2. The number of methoxy groups -OCH3 is 2. The molecule has 4 heterocycles. The van der Waals surface area contributed by atoms with Gasteiger partial charge in [0.05, 0.1) is 32.3 Å². The van der Waals surface area contributed by atoms with Crippen LogP contribution in [-0.2, 0) is 6.54 Å². The van der Waals surface area contributed by atoms with E-state index in [4.69, 9.17) is 26.8 Å². The minimum atomic E-state index is -0.732. The Morgan fingerprint density at radius 1 is 1.19 bits per heavy atom. The van der Waals surface area contributed by atoms with Crippen molar-refractivity contribution in [3.8, 4) is 11.5 Å². The third-order valence-electron chi connectivity index (χ3n) is 5.53. The smallest absolute Gasteiger partial charge is 0.225 e. The molecule has 1 aliphatic heterocycles. The van der Waals surface area contributed by atoms with E-state index in [1.165, 1.54) is 17.7 Å². The second kappa shape index (κ2) is 10.9. The molecule has 36 heavy (non-hydrogen) atoms. The van der Waals surface area contributed by atoms with Crippen molar-refractivity contribution in [1.29, 1.82) is 0 Å². The molecule has 192 valence electrons. The van der Waals surface area contributed by atoms with Crippen molar-refractivity contribution in [2.75, 3.05) is 56.9 Å². The minimum absolute atomic E-state index is 0.0961. The predicted octanol–water partition coefficient (Wildman–Crippen LogP) is 2.49. The molecule has 14 heteroatoms. The van der Waals surface area contributed by atoms with Gasteiger partial charge >= 0.3 is 0 Å². The topological polar surface area (TPSA) is 121 Å². The fourth-order valence-corrected chi connectivity index (χ4v) is 3.99. The Morgan fingerprint density at radius 3 is 2.58 bits per heavy atom. The third kappa shape index (κ3) is 4.97. The summed E-state index contributed by atoms with van der Waals surface area (Å²) in [6.45, 7) is 6.92. The van der Waals surface area contributed by atoms with Gasteiger partial charge in [-0.15, -0.1) is 16.7 Å². The number of alkyl halides is 1. The van der Waals surface area contributed by atoms with E-state index in [1.54, 1.807) is 24.1 Å². The molecule has 3 N–H and O–H groups in total. The highest BCUT2D eigenvalue weighted by molar-refractivity contribution is 6.17. The number of piperazine rings is 1. The molecule has 5 rings (SSSR count). The van der Waals surface area contributed by atoms with Crippen LogP contribution < -0.4 is 25.4 Å². The Balaban J connectivity index is 0.000000170. The zero-order chi connectivity index (χ0) is 25.8. The average Bonchev–Trinajstić information content (AvgIpc) is 3.50. The van der Waals surface area contributed by atoms with Crippen molar-refractivity contribution in [2.45, 2.75) is 6.54 Å². The van der Waals surface area contributed by atoms with E-state index in [0.717, 1.165) is 26.2 Å². The lowest BCUT2D eigenvalue weighted by Gasteiger charge is -2.30. The van der Waals surface area contributed by atoms with Crippen molar-refractivity contribution in [2.24, 2.45) is 0 Å². The van der Waals surface area contributed by atoms with Crippen LogP contribution >= 0.6 is 11.6 Å². The Labute approximate surface area is 210 Å². The Morgan fingerprint density at radius 2 is 1.94 bits per heavy atom. The Bertz CT molecular complexity index is 1390. The number of ether oxygens (including phenoxy) is 2. The van der Waals surface area contributed by atoms with E-state index in [0.29, 0.717) is 46.3 Å². The molecule has 0 unspecified atom stereocenters. The maximum atomic E-state index is 14.0. The molecule has 0 amide bonds. The summed E-state index contributed by atoms with van der Waals surface area (Å²) < 4.78 is 40.3. The van der Waals surface area contributed by atoms with Gasteiger partial charge < -0.3 is 25.4 Å². The van der Waals surface area contributed by atoms with Crippen molar-refractivity contribution < 1.29 is 18.3 Å². The van der Waals surface area contributed by atoms with Crippen molar-refractivity contribution >= 4 is 45.7 Å². The van der Waals surface area contributed by atoms with Crippen LogP contribution in [0.3, 0.4) is 0 Å². The van der Waals surface area contributed by atoms with Gasteiger partial charge in [-0.3, -0.25) is 0 Å². The first-order valence-corrected chi connectivity index (χ1v) is 11.6. The lowest BCUT2D eigenvalue weighted by molar-refractivity contribution is 0.387. The summed E-state index contributed by atoms with van der Waals surface area (Å²) in [5.74, 6) is 0.322. The number of anilines is 2. The molecule has 3 aromatic heterocycles. The molecule has 0 aliphatic carbocycles. The molecule has 1 saturated heterocycles. The van der Waals surface area contributed by atoms with E-state index < -0.39 is 5.83 Å². The van der Waals surface area contributed by atoms with Gasteiger partial charge in [0.25, 0.3) is 0 Å². The van der Waals surface area contributed by atoms with Gasteiger partial charge in [0.15, 0.2) is 22.9 Å². The number of fused-ring (bicyclic) bond motifs is 3. The largest absolute Gasteiger partial charge is 0.497 e. The molecule has 1 aliphatic rings. The molecule has 1 aromatic carbocycles. The van der Waals surface area contributed by atoms with Gasteiger partial charge in [-0.25, -0.2) is 18.4 Å². The number of nitrogens with zero attached hydrogens (tertiary/aromatic N) is 7. The monoisotopic (exact) mass is 521 g/mol. The van der Waals surface area contributed by atoms with Crippen LogP contribution in [0.25, 0.3) is 22.5 Å². The highest BCUT2D eigenvalue weighted by atomic mass is 35.5. The van der Waals surface area contributed by atoms with E-state index in [1.807, 2.05) is 4.90 Å². The van der Waals surface area contributed by atoms with Gasteiger partial charge in [-0.2, -0.15) is 14.6 Å². The number of halogens is 3. The quantitative estimate of drug-likeness (QED) is 0.368. The van der Waals surface area contributed by atoms with E-state index in [-0.39, 0.29) is 17.6 Å². The Kier molecular flexibility index (Phi) is 7.70. The van der Waals surface area contributed by atoms with Crippen molar-refractivity contribution in [3.05, 3.63) is 36.6 Å². The first kappa shape index (κ1) is 25.4. The fourth-order valence-electron chi connectivity index (χ4n) is 3.83. The van der Waals surface area contributed by atoms with Crippen LogP contribution in [0.5, 0.6) is 11.5 Å². The minimum Gasteiger partial charge on any atom is -0.497 e. The molecule has 0 saturated carbocycles. The molecule has 4 aromatic rings. The first-order valence-electron chi connectivity index (χ1n) is 11.0. The van der Waals surface area contributed by atoms with E-state index in [2.05, 4.69) is 32.1 Å². The highest BCUT2D eigenvalue weighted by Crippen LogP contribution is 2.35. The molecule has 11 nitrogen and oxygen atoms in total. The number of nitrogens with one attached hydrogen (secondary N) is 1. The molecule has 0 bridgehead atoms. The third-order valence-corrected chi connectivity index (χ3v) is 5.70. The Hall–Kier alpha value is -3.71. The van der Waals surface area contributed by atoms with Crippen LogP contribution in [0, 0.1) is 5.82 Å². The first-order chi connectivity index (χ1) is 17.4. The number of aryl methyl sites for hydroxylation is 1. The van der Waals surface area contributed by atoms with Gasteiger partial charge in [0.1, 0.15) is 17.2 Å². The average molecular weight is 522 g/mol. The number of rotatable bonds is 6. The van der Waals surface area contributed by atoms with Crippen LogP contribution in [0.4, 0.5) is 20.4 Å². The lowest BCUT2D eigenvalue weighted by Crippen LogP contribution is -2.44. The maximum Gasteiger partial charge on any atom is 0.225 e. The van der Waals surface area contributed by atoms with Crippen LogP contribution in [0.15, 0.2) is 24.9 Å². The maximum absolute atomic E-state index is 14.0. The van der Waals surface area contributed by atoms with Crippen LogP contribution in [-0.4, -0.2) is 75.6 Å². The van der Waals surface area contributed by atoms with Gasteiger partial charge in [-0.05, 0) is 0 Å². The number of hydrogen-bond donors (Lipinski definition) is 2. The highest BCUT2D eigenvalue weighted by Gasteiger charge is 2.20. The fraction of sp³-hybridized carbons (Fsp3) is 0.364. The molecule has 1 fully saturated rings. The summed E-state index contributed by atoms with van der Waals surface area (Å²) >= 11 is 5.68. The second-order valence-electron chi connectivity index (χ2n) is 7.74. The van der Waals surface area contributed by atoms with Crippen molar-refractivity contribution in [3.63, 3.8) is 0 Å². The van der Waals surface area contributed by atoms with E-state index >= 15 is 0 Å². The van der Waals surface area contributed by atoms with Gasteiger partial charge in [-0.1, -0.05) is 6.58 Å². The number of nitrogens with two attached hydrogens (primary N) is 1. The molecular weight excluding hydrogens is 496 g/mol. The number of nitrogen functional groups attached to an aromatic ring is 1. The van der Waals surface area contributed by atoms with Gasteiger partial charge in [0, 0.05) is 44.2 Å². The summed E-state index contributed by atoms with van der Waals surface area (Å²) in [4.78, 5) is 10.2. The summed E-state index contributed by atoms with van der Waals surface area (Å²) in [7, 11) is 3.05. The summed E-state index contributed by atoms with van der Waals surface area (Å²) in [6.07, 6.45) is 1.57. The number of hydrogen-bond acceptors (Lipinski definition) is 9. The normalized spacial score (nSPS) is 13.5. The van der Waals surface area contributed by atoms with Gasteiger partial charge in [0.2, 0.25) is 11.8 Å². The second-order valence-corrected chi connectivity index (χ2v) is 8.11. The summed E-state index contributed by atoms with van der Waals surface area (Å²) in [5.41, 5.74) is 7.23. The standard InChI is InChI=1S/C12H17FN2O2.C10H9ClFN7/c1-16-9-7-10(13)12(11(8-9)17-2)15-5-3-14-4-6-15;1-5(12)7-15-9-6-4-14-18(3-2-11)8(6)16-10(13)19(9)17-7/h7-8,14H,3-6H2,1-2H3;4H,1-3H2,(H2,13,16). The zero-order valence-corrected chi connectivity index (χ0v) is 20.6. The number of benzene rings is 1. The van der Waals surface area contributed by atoms with Crippen LogP contribution in [0.1, 0.15) is 5.82 Å². The van der Waals surface area contributed by atoms with E-state index in [9.17, 15) is 8.78 Å². The zero-order valence-electron chi connectivity index (χ0n) is 19.8. The summed E-state index contributed by atoms with van der Waals surface area (Å²) in [6, 6.07) is 3.10. The summed E-state index contributed by atoms with van der Waals surface area (Å²) in [5, 5.41) is 11.9. The number of aromatic nitrogens is 6. The lowest BCUT2D eigenvalue weighted by atomic mass is 10.2. The molecule has 0 atom stereocenters. The predicted molar refractivity (Wildman–Crippen MR) is 134 cm³/mol. The molecule has 0 spiro atoms.